The van der Waals surface area contributed by atoms with E-state index in [2.05, 4.69) is 0 Å². The van der Waals surface area contributed by atoms with E-state index in [1.807, 2.05) is 0 Å². The Labute approximate surface area is 113 Å². The zero-order valence-corrected chi connectivity index (χ0v) is 11.3. The standard InChI is InChI=1S/C10H16N2O6S/c1-5(13)12(6(2)14)8(10(17)18)4-19-3-7(11)9(15)16/h7-8H,3-4,11H2,1-2H3,(H,15,16)(H,17,18). The number of thioether (sulfide) groups is 1. The van der Waals surface area contributed by atoms with E-state index in [1.165, 1.54) is 0 Å². The van der Waals surface area contributed by atoms with E-state index in [0.29, 0.717) is 4.90 Å². The van der Waals surface area contributed by atoms with Crippen LogP contribution in [-0.2, 0) is 19.2 Å². The van der Waals surface area contributed by atoms with Gasteiger partial charge >= 0.3 is 11.9 Å². The van der Waals surface area contributed by atoms with Crippen LogP contribution in [0, 0.1) is 0 Å². The SMILES string of the molecule is CC(=O)N(C(C)=O)C(CSCC(N)C(=O)O)C(=O)O. The van der Waals surface area contributed by atoms with Crippen molar-refractivity contribution in [1.82, 2.24) is 4.90 Å². The second-order valence-electron chi connectivity index (χ2n) is 3.74. The average molecular weight is 292 g/mol. The molecule has 19 heavy (non-hydrogen) atoms. The van der Waals surface area contributed by atoms with Crippen molar-refractivity contribution in [2.75, 3.05) is 11.5 Å². The van der Waals surface area contributed by atoms with Gasteiger partial charge in [0.1, 0.15) is 12.1 Å². The second-order valence-corrected chi connectivity index (χ2v) is 4.82. The number of hydrogen-bond acceptors (Lipinski definition) is 6. The summed E-state index contributed by atoms with van der Waals surface area (Å²) in [7, 11) is 0. The van der Waals surface area contributed by atoms with Crippen LogP contribution in [-0.4, -0.2) is 62.5 Å². The number of carboxylic acid groups (broad SMARTS) is 2. The van der Waals surface area contributed by atoms with Gasteiger partial charge in [0.05, 0.1) is 0 Å². The van der Waals surface area contributed by atoms with Gasteiger partial charge in [-0.25, -0.2) is 4.79 Å². The van der Waals surface area contributed by atoms with Crippen molar-refractivity contribution >= 4 is 35.5 Å². The third-order valence-corrected chi connectivity index (χ3v) is 3.31. The number of hydrogen-bond donors (Lipinski definition) is 3. The summed E-state index contributed by atoms with van der Waals surface area (Å²) in [6, 6.07) is -2.46. The molecular weight excluding hydrogens is 276 g/mol. The summed E-state index contributed by atoms with van der Waals surface area (Å²) < 4.78 is 0. The van der Waals surface area contributed by atoms with Gasteiger partial charge in [-0.3, -0.25) is 19.3 Å². The lowest BCUT2D eigenvalue weighted by atomic mass is 10.2. The molecule has 2 unspecified atom stereocenters. The molecule has 8 nitrogen and oxygen atoms in total. The van der Waals surface area contributed by atoms with Crippen LogP contribution in [0.3, 0.4) is 0 Å². The number of imide groups is 1. The van der Waals surface area contributed by atoms with Crippen molar-refractivity contribution < 1.29 is 29.4 Å². The van der Waals surface area contributed by atoms with E-state index < -0.39 is 35.8 Å². The van der Waals surface area contributed by atoms with Crippen molar-refractivity contribution in [3.05, 3.63) is 0 Å². The van der Waals surface area contributed by atoms with Crippen LogP contribution >= 0.6 is 11.8 Å². The van der Waals surface area contributed by atoms with Crippen LogP contribution in [0.15, 0.2) is 0 Å². The zero-order valence-electron chi connectivity index (χ0n) is 10.5. The van der Waals surface area contributed by atoms with Gasteiger partial charge < -0.3 is 15.9 Å². The van der Waals surface area contributed by atoms with Crippen molar-refractivity contribution in [3.63, 3.8) is 0 Å². The highest BCUT2D eigenvalue weighted by Crippen LogP contribution is 2.11. The number of aliphatic carboxylic acids is 2. The maximum Gasteiger partial charge on any atom is 0.327 e. The average Bonchev–Trinajstić information content (AvgIpc) is 2.25. The minimum Gasteiger partial charge on any atom is -0.480 e. The fourth-order valence-corrected chi connectivity index (χ4v) is 2.34. The molecule has 108 valence electrons. The lowest BCUT2D eigenvalue weighted by molar-refractivity contribution is -0.155. The van der Waals surface area contributed by atoms with E-state index in [9.17, 15) is 19.2 Å². The van der Waals surface area contributed by atoms with Gasteiger partial charge in [-0.05, 0) is 0 Å². The lowest BCUT2D eigenvalue weighted by Crippen LogP contribution is -2.48. The van der Waals surface area contributed by atoms with Crippen molar-refractivity contribution in [2.45, 2.75) is 25.9 Å². The Bertz CT molecular complexity index is 372. The Hall–Kier alpha value is -1.61. The Balaban J connectivity index is 4.66. The van der Waals surface area contributed by atoms with Crippen LogP contribution < -0.4 is 5.73 Å². The molecule has 4 N–H and O–H groups in total. The lowest BCUT2D eigenvalue weighted by Gasteiger charge is -2.24. The summed E-state index contributed by atoms with van der Waals surface area (Å²) in [4.78, 5) is 44.7. The van der Waals surface area contributed by atoms with E-state index >= 15 is 0 Å². The number of carbonyl (C=O) groups is 4. The predicted molar refractivity (Wildman–Crippen MR) is 67.6 cm³/mol. The molecule has 0 aromatic heterocycles. The molecule has 0 saturated carbocycles. The van der Waals surface area contributed by atoms with Gasteiger partial charge in [0.2, 0.25) is 11.8 Å². The molecule has 0 aromatic carbocycles. The number of nitrogens with two attached hydrogens (primary N) is 1. The van der Waals surface area contributed by atoms with Crippen molar-refractivity contribution in [1.29, 1.82) is 0 Å². The van der Waals surface area contributed by atoms with E-state index in [4.69, 9.17) is 15.9 Å². The summed E-state index contributed by atoms with van der Waals surface area (Å²) in [5.41, 5.74) is 5.26. The molecule has 9 heteroatoms. The largest absolute Gasteiger partial charge is 0.480 e. The highest BCUT2D eigenvalue weighted by atomic mass is 32.2. The van der Waals surface area contributed by atoms with Crippen LogP contribution in [0.4, 0.5) is 0 Å². The minimum absolute atomic E-state index is 0.0111. The number of carboxylic acids is 2. The monoisotopic (exact) mass is 292 g/mol. The van der Waals surface area contributed by atoms with Crippen LogP contribution in [0.5, 0.6) is 0 Å². The molecule has 2 atom stereocenters. The van der Waals surface area contributed by atoms with Crippen LogP contribution in [0.25, 0.3) is 0 Å². The minimum atomic E-state index is -1.33. The number of nitrogens with zero attached hydrogens (tertiary/aromatic N) is 1. The summed E-state index contributed by atoms with van der Waals surface area (Å²) in [6.07, 6.45) is 0. The van der Waals surface area contributed by atoms with E-state index in [0.717, 1.165) is 25.6 Å². The Morgan fingerprint density at radius 2 is 1.53 bits per heavy atom. The second kappa shape index (κ2) is 7.74. The molecule has 0 spiro atoms. The summed E-state index contributed by atoms with van der Waals surface area (Å²) in [5, 5.41) is 17.6. The van der Waals surface area contributed by atoms with Gasteiger partial charge in [0, 0.05) is 25.4 Å². The first-order valence-electron chi connectivity index (χ1n) is 5.27. The fourth-order valence-electron chi connectivity index (χ4n) is 1.29. The van der Waals surface area contributed by atoms with Gasteiger partial charge in [0.15, 0.2) is 0 Å². The quantitative estimate of drug-likeness (QED) is 0.542. The third-order valence-electron chi connectivity index (χ3n) is 2.17. The Morgan fingerprint density at radius 3 is 1.84 bits per heavy atom. The number of carbonyl (C=O) groups excluding carboxylic acids is 2. The maximum atomic E-state index is 11.3. The predicted octanol–water partition coefficient (Wildman–Crippen LogP) is -1.02. The van der Waals surface area contributed by atoms with Crippen LogP contribution in [0.2, 0.25) is 0 Å². The molecule has 0 aliphatic carbocycles. The van der Waals surface area contributed by atoms with Crippen molar-refractivity contribution in [2.24, 2.45) is 5.73 Å². The first kappa shape index (κ1) is 17.4. The maximum absolute atomic E-state index is 11.3. The van der Waals surface area contributed by atoms with Crippen LogP contribution in [0.1, 0.15) is 13.8 Å². The first-order chi connectivity index (χ1) is 8.68. The summed E-state index contributed by atoms with van der Waals surface area (Å²) >= 11 is 0.956. The summed E-state index contributed by atoms with van der Waals surface area (Å²) in [6.45, 7) is 2.18. The topological polar surface area (TPSA) is 138 Å². The molecular formula is C10H16N2O6S. The van der Waals surface area contributed by atoms with Gasteiger partial charge in [-0.15, -0.1) is 0 Å². The first-order valence-corrected chi connectivity index (χ1v) is 6.43. The van der Waals surface area contributed by atoms with Crippen molar-refractivity contribution in [3.8, 4) is 0 Å². The van der Waals surface area contributed by atoms with Gasteiger partial charge in [-0.2, -0.15) is 11.8 Å². The summed E-state index contributed by atoms with van der Waals surface area (Å²) in [5.74, 6) is -4.01. The highest BCUT2D eigenvalue weighted by molar-refractivity contribution is 7.99. The molecule has 0 rings (SSSR count). The normalized spacial score (nSPS) is 13.4. The smallest absolute Gasteiger partial charge is 0.327 e. The number of rotatable bonds is 7. The highest BCUT2D eigenvalue weighted by Gasteiger charge is 2.31. The number of amides is 2. The molecule has 2 amide bonds. The molecule has 0 saturated heterocycles. The van der Waals surface area contributed by atoms with Gasteiger partial charge in [0.25, 0.3) is 0 Å². The fraction of sp³-hybridized carbons (Fsp3) is 0.600. The molecule has 0 bridgehead atoms. The molecule has 0 aliphatic heterocycles. The van der Waals surface area contributed by atoms with E-state index in [-0.39, 0.29) is 11.5 Å². The Kier molecular flexibility index (Phi) is 7.09. The third kappa shape index (κ3) is 5.71. The van der Waals surface area contributed by atoms with E-state index in [1.54, 1.807) is 0 Å². The molecule has 0 radical (unpaired) electrons. The molecule has 0 heterocycles. The van der Waals surface area contributed by atoms with Gasteiger partial charge in [-0.1, -0.05) is 0 Å². The Morgan fingerprint density at radius 1 is 1.05 bits per heavy atom. The molecule has 0 aromatic rings. The zero-order chi connectivity index (χ0) is 15.2. The molecule has 0 fully saturated rings. The molecule has 0 aliphatic rings.